The number of nitrogens with zero attached hydrogens (tertiary/aromatic N) is 4. The van der Waals surface area contributed by atoms with E-state index in [-0.39, 0.29) is 0 Å². The molecule has 34 heavy (non-hydrogen) atoms. The van der Waals surface area contributed by atoms with Crippen LogP contribution in [-0.4, -0.2) is 41.1 Å². The van der Waals surface area contributed by atoms with Gasteiger partial charge in [-0.15, -0.1) is 0 Å². The molecule has 3 heterocycles. The molecule has 3 N–H and O–H groups in total. The largest absolute Gasteiger partial charge is 0.388 e. The maximum absolute atomic E-state index is 6.25. The van der Waals surface area contributed by atoms with Crippen LogP contribution >= 0.6 is 11.8 Å². The van der Waals surface area contributed by atoms with E-state index < -0.39 is 0 Å². The summed E-state index contributed by atoms with van der Waals surface area (Å²) in [6, 6.07) is 17.4. The molecule has 2 aliphatic carbocycles. The van der Waals surface area contributed by atoms with Gasteiger partial charge in [-0.3, -0.25) is 4.98 Å². The minimum absolute atomic E-state index is 0.358. The van der Waals surface area contributed by atoms with E-state index in [0.717, 1.165) is 63.4 Å². The predicted molar refractivity (Wildman–Crippen MR) is 138 cm³/mol. The van der Waals surface area contributed by atoms with Crippen molar-refractivity contribution in [1.82, 2.24) is 15.0 Å². The van der Waals surface area contributed by atoms with Crippen molar-refractivity contribution in [1.29, 1.82) is 0 Å². The second-order valence-electron chi connectivity index (χ2n) is 9.63. The summed E-state index contributed by atoms with van der Waals surface area (Å²) in [5, 5.41) is 5.30. The normalized spacial score (nSPS) is 22.0. The van der Waals surface area contributed by atoms with Crippen molar-refractivity contribution >= 4 is 34.2 Å². The molecule has 0 bridgehead atoms. The zero-order chi connectivity index (χ0) is 23.0. The van der Waals surface area contributed by atoms with Crippen LogP contribution in [-0.2, 0) is 6.42 Å². The molecule has 4 aromatic rings. The first-order valence-electron chi connectivity index (χ1n) is 11.9. The van der Waals surface area contributed by atoms with Gasteiger partial charge in [0.15, 0.2) is 5.16 Å². The average molecular weight is 467 g/mol. The molecule has 0 spiro atoms. The van der Waals surface area contributed by atoms with Crippen LogP contribution in [0.5, 0.6) is 0 Å². The number of nitrogens with one attached hydrogen (secondary N) is 1. The molecule has 170 valence electrons. The van der Waals surface area contributed by atoms with Gasteiger partial charge in [-0.05, 0) is 65.9 Å². The number of hydrogen-bond acceptors (Lipinski definition) is 7. The van der Waals surface area contributed by atoms with Gasteiger partial charge < -0.3 is 16.0 Å². The van der Waals surface area contributed by atoms with Gasteiger partial charge in [-0.2, -0.15) is 0 Å². The lowest BCUT2D eigenvalue weighted by atomic mass is 10.1. The van der Waals surface area contributed by atoms with Crippen LogP contribution in [0.3, 0.4) is 0 Å². The van der Waals surface area contributed by atoms with Crippen molar-refractivity contribution in [3.05, 3.63) is 65.5 Å². The van der Waals surface area contributed by atoms with Crippen LogP contribution in [0, 0.1) is 18.8 Å². The predicted octanol–water partition coefficient (Wildman–Crippen LogP) is 4.49. The van der Waals surface area contributed by atoms with Crippen LogP contribution in [0.4, 0.5) is 11.5 Å². The van der Waals surface area contributed by atoms with Crippen molar-refractivity contribution in [3.63, 3.8) is 0 Å². The highest BCUT2D eigenvalue weighted by Gasteiger charge is 2.54. The zero-order valence-corrected chi connectivity index (χ0v) is 20.1. The Labute approximate surface area is 203 Å². The maximum Gasteiger partial charge on any atom is 0.194 e. The van der Waals surface area contributed by atoms with Crippen molar-refractivity contribution in [2.45, 2.75) is 29.4 Å². The Hall–Kier alpha value is -3.16. The third-order valence-corrected chi connectivity index (χ3v) is 8.43. The minimum atomic E-state index is 0.358. The number of hydrogen-bond donors (Lipinski definition) is 2. The number of aryl methyl sites for hydroxylation is 1. The van der Waals surface area contributed by atoms with Gasteiger partial charge in [0, 0.05) is 59.8 Å². The summed E-state index contributed by atoms with van der Waals surface area (Å²) in [5.74, 6) is 2.26. The average Bonchev–Trinajstić information content (AvgIpc) is 3.19. The van der Waals surface area contributed by atoms with E-state index in [4.69, 9.17) is 20.7 Å². The summed E-state index contributed by atoms with van der Waals surface area (Å²) in [5.41, 5.74) is 14.3. The summed E-state index contributed by atoms with van der Waals surface area (Å²) in [7, 11) is 1.98. The van der Waals surface area contributed by atoms with Gasteiger partial charge in [0.25, 0.3) is 0 Å². The first-order chi connectivity index (χ1) is 16.6. The molecule has 0 amide bonds. The van der Waals surface area contributed by atoms with Crippen molar-refractivity contribution in [2.75, 3.05) is 30.4 Å². The minimum Gasteiger partial charge on any atom is -0.388 e. The van der Waals surface area contributed by atoms with Crippen LogP contribution in [0.1, 0.15) is 17.0 Å². The lowest BCUT2D eigenvalue weighted by Gasteiger charge is -2.23. The Morgan fingerprint density at radius 1 is 1.03 bits per heavy atom. The molecule has 1 saturated carbocycles. The van der Waals surface area contributed by atoms with Gasteiger partial charge in [0.05, 0.1) is 11.2 Å². The Balaban J connectivity index is 1.31. The summed E-state index contributed by atoms with van der Waals surface area (Å²) >= 11 is 1.62. The highest BCUT2D eigenvalue weighted by Crippen LogP contribution is 2.50. The van der Waals surface area contributed by atoms with Crippen molar-refractivity contribution < 1.29 is 0 Å². The standard InChI is InChI=1S/C27H26N6S/c1-14-6-7-15-8-9-16(10-22(15)30-14)34-27-31-23-11-18-17(4-3-5-21(18)29-2)24(23)26(32-27)33-12-19-20(13-33)25(19)28/h3-10,19-20,25,29H,11-13,28H2,1-2H3. The van der Waals surface area contributed by atoms with Crippen LogP contribution in [0.2, 0.25) is 0 Å². The molecule has 6 nitrogen and oxygen atoms in total. The molecule has 7 rings (SSSR count). The molecule has 1 aliphatic heterocycles. The SMILES string of the molecule is CNc1cccc2c1Cc1nc(Sc3ccc4ccc(C)nc4c3)nc(N3CC4C(N)C4C3)c1-2. The number of fused-ring (bicyclic) bond motifs is 5. The summed E-state index contributed by atoms with van der Waals surface area (Å²) in [6.07, 6.45) is 0.823. The fourth-order valence-electron chi connectivity index (χ4n) is 5.68. The van der Waals surface area contributed by atoms with E-state index in [1.165, 1.54) is 16.7 Å². The number of nitrogens with two attached hydrogens (primary N) is 1. The smallest absolute Gasteiger partial charge is 0.194 e. The van der Waals surface area contributed by atoms with Gasteiger partial charge in [-0.25, -0.2) is 9.97 Å². The van der Waals surface area contributed by atoms with Crippen molar-refractivity contribution in [2.24, 2.45) is 17.6 Å². The van der Waals surface area contributed by atoms with E-state index >= 15 is 0 Å². The van der Waals surface area contributed by atoms with Gasteiger partial charge in [-0.1, -0.05) is 24.3 Å². The summed E-state index contributed by atoms with van der Waals surface area (Å²) in [6.45, 7) is 4.00. The third kappa shape index (κ3) is 3.11. The second kappa shape index (κ2) is 7.42. The van der Waals surface area contributed by atoms with E-state index in [1.54, 1.807) is 11.8 Å². The van der Waals surface area contributed by atoms with Crippen LogP contribution in [0.15, 0.2) is 58.6 Å². The molecule has 2 aromatic carbocycles. The number of piperidine rings is 1. The zero-order valence-electron chi connectivity index (χ0n) is 19.2. The molecule has 2 atom stereocenters. The Kier molecular flexibility index (Phi) is 4.41. The topological polar surface area (TPSA) is 80.0 Å². The van der Waals surface area contributed by atoms with E-state index in [9.17, 15) is 0 Å². The summed E-state index contributed by atoms with van der Waals surface area (Å²) in [4.78, 5) is 18.5. The first kappa shape index (κ1) is 20.2. The van der Waals surface area contributed by atoms with Gasteiger partial charge >= 0.3 is 0 Å². The van der Waals surface area contributed by atoms with E-state index in [0.29, 0.717) is 17.9 Å². The van der Waals surface area contributed by atoms with E-state index in [1.807, 2.05) is 14.0 Å². The fourth-order valence-corrected chi connectivity index (χ4v) is 6.48. The monoisotopic (exact) mass is 466 g/mol. The molecule has 2 aromatic heterocycles. The molecule has 7 heteroatoms. The number of anilines is 2. The molecular formula is C27H26N6S. The lowest BCUT2D eigenvalue weighted by Crippen LogP contribution is -2.29. The van der Waals surface area contributed by atoms with Crippen LogP contribution in [0.25, 0.3) is 22.0 Å². The third-order valence-electron chi connectivity index (χ3n) is 7.57. The Bertz CT molecular complexity index is 1460. The van der Waals surface area contributed by atoms with Gasteiger partial charge in [0.1, 0.15) is 5.82 Å². The van der Waals surface area contributed by atoms with Gasteiger partial charge in [0.2, 0.25) is 0 Å². The Morgan fingerprint density at radius 3 is 2.68 bits per heavy atom. The summed E-state index contributed by atoms with van der Waals surface area (Å²) < 4.78 is 0. The molecule has 2 unspecified atom stereocenters. The highest BCUT2D eigenvalue weighted by atomic mass is 32.2. The fraction of sp³-hybridized carbons (Fsp3) is 0.296. The van der Waals surface area contributed by atoms with Crippen LogP contribution < -0.4 is 16.0 Å². The molecule has 0 radical (unpaired) electrons. The number of benzene rings is 2. The Morgan fingerprint density at radius 2 is 1.85 bits per heavy atom. The number of rotatable bonds is 4. The molecule has 3 aliphatic rings. The molecule has 2 fully saturated rings. The maximum atomic E-state index is 6.25. The number of pyridine rings is 1. The number of aromatic nitrogens is 3. The van der Waals surface area contributed by atoms with E-state index in [2.05, 4.69) is 58.7 Å². The van der Waals surface area contributed by atoms with Crippen molar-refractivity contribution in [3.8, 4) is 11.1 Å². The quantitative estimate of drug-likeness (QED) is 0.378. The lowest BCUT2D eigenvalue weighted by molar-refractivity contribution is 0.727. The second-order valence-corrected chi connectivity index (χ2v) is 10.7. The molecule has 1 saturated heterocycles. The molecular weight excluding hydrogens is 440 g/mol. The highest BCUT2D eigenvalue weighted by molar-refractivity contribution is 7.99. The first-order valence-corrected chi connectivity index (χ1v) is 12.7.